The molecule has 1 fully saturated rings. The monoisotopic (exact) mass is 221 g/mol. The molecule has 0 aliphatic heterocycles. The van der Waals surface area contributed by atoms with Crippen molar-refractivity contribution in [3.8, 4) is 5.75 Å². The van der Waals surface area contributed by atoms with Crippen LogP contribution in [0.15, 0.2) is 18.2 Å². The van der Waals surface area contributed by atoms with Gasteiger partial charge in [0.25, 0.3) is 0 Å². The summed E-state index contributed by atoms with van der Waals surface area (Å²) in [5.41, 5.74) is 1.13. The van der Waals surface area contributed by atoms with Gasteiger partial charge in [-0.3, -0.25) is 0 Å². The molecule has 0 radical (unpaired) electrons. The third kappa shape index (κ3) is 2.81. The van der Waals surface area contributed by atoms with Crippen LogP contribution in [0.5, 0.6) is 5.75 Å². The Bertz CT molecular complexity index is 399. The molecule has 3 heteroatoms. The maximum Gasteiger partial charge on any atom is 0.165 e. The smallest absolute Gasteiger partial charge is 0.165 e. The quantitative estimate of drug-likeness (QED) is 0.759. The van der Waals surface area contributed by atoms with E-state index in [-0.39, 0.29) is 11.6 Å². The topological polar surface area (TPSA) is 33.1 Å². The Balaban J connectivity index is 1.99. The fourth-order valence-electron chi connectivity index (χ4n) is 1.59. The summed E-state index contributed by atoms with van der Waals surface area (Å²) in [6.07, 6.45) is 3.57. The minimum Gasteiger partial charge on any atom is -0.490 e. The first-order chi connectivity index (χ1) is 7.66. The molecule has 0 heterocycles. The van der Waals surface area contributed by atoms with Gasteiger partial charge in [0.05, 0.1) is 6.61 Å². The molecule has 0 atom stereocenters. The molecular formula is C13H16FNO. The van der Waals surface area contributed by atoms with E-state index in [1.807, 2.05) is 0 Å². The molecule has 1 N–H and O–H groups in total. The first-order valence-electron chi connectivity index (χ1n) is 5.64. The molecule has 1 aromatic carbocycles. The molecule has 0 saturated heterocycles. The highest BCUT2D eigenvalue weighted by molar-refractivity contribution is 5.96. The zero-order valence-corrected chi connectivity index (χ0v) is 9.42. The maximum atomic E-state index is 13.4. The lowest BCUT2D eigenvalue weighted by Crippen LogP contribution is -2.02. The van der Waals surface area contributed by atoms with Gasteiger partial charge in [0, 0.05) is 5.71 Å². The average molecular weight is 221 g/mol. The first-order valence-corrected chi connectivity index (χ1v) is 5.64. The van der Waals surface area contributed by atoms with Crippen molar-refractivity contribution in [2.75, 3.05) is 6.61 Å². The summed E-state index contributed by atoms with van der Waals surface area (Å²) in [6, 6.07) is 4.57. The second-order valence-electron chi connectivity index (χ2n) is 4.35. The minimum absolute atomic E-state index is 0.268. The second-order valence-corrected chi connectivity index (χ2v) is 4.35. The molecule has 1 aliphatic rings. The first kappa shape index (κ1) is 11.1. The third-order valence-electron chi connectivity index (χ3n) is 2.84. The van der Waals surface area contributed by atoms with Gasteiger partial charge < -0.3 is 10.1 Å². The van der Waals surface area contributed by atoms with Gasteiger partial charge in [0.15, 0.2) is 11.6 Å². The van der Waals surface area contributed by atoms with E-state index in [2.05, 4.69) is 0 Å². The number of halogens is 1. The number of rotatable bonds is 5. The van der Waals surface area contributed by atoms with Crippen LogP contribution in [0.3, 0.4) is 0 Å². The van der Waals surface area contributed by atoms with E-state index in [0.29, 0.717) is 17.9 Å². The molecule has 0 amide bonds. The Kier molecular flexibility index (Phi) is 3.22. The van der Waals surface area contributed by atoms with Crippen LogP contribution in [0.2, 0.25) is 0 Å². The number of nitrogens with one attached hydrogen (secondary N) is 1. The number of benzene rings is 1. The van der Waals surface area contributed by atoms with Gasteiger partial charge >= 0.3 is 0 Å². The van der Waals surface area contributed by atoms with Crippen molar-refractivity contribution in [1.82, 2.24) is 0 Å². The van der Waals surface area contributed by atoms with Crippen LogP contribution in [-0.2, 0) is 0 Å². The summed E-state index contributed by atoms with van der Waals surface area (Å²) in [7, 11) is 0. The van der Waals surface area contributed by atoms with Crippen LogP contribution in [0.25, 0.3) is 0 Å². The lowest BCUT2D eigenvalue weighted by Gasteiger charge is -2.08. The van der Waals surface area contributed by atoms with E-state index >= 15 is 0 Å². The minimum atomic E-state index is -0.346. The van der Waals surface area contributed by atoms with Gasteiger partial charge in [0.2, 0.25) is 0 Å². The Labute approximate surface area is 94.9 Å². The molecule has 1 aliphatic carbocycles. The molecule has 0 unspecified atom stereocenters. The summed E-state index contributed by atoms with van der Waals surface area (Å²) in [4.78, 5) is 0. The third-order valence-corrected chi connectivity index (χ3v) is 2.84. The van der Waals surface area contributed by atoms with Crippen LogP contribution in [0.4, 0.5) is 4.39 Å². The zero-order chi connectivity index (χ0) is 11.5. The summed E-state index contributed by atoms with van der Waals surface area (Å²) in [5, 5.41) is 7.48. The standard InChI is InChI=1S/C13H16FNO/c1-9(15)11-4-5-12(14)13(8-11)16-7-6-10-2-3-10/h4-5,8,10,15H,2-3,6-7H2,1H3. The van der Waals surface area contributed by atoms with Crippen molar-refractivity contribution >= 4 is 5.71 Å². The van der Waals surface area contributed by atoms with Crippen LogP contribution < -0.4 is 4.74 Å². The molecule has 2 nitrogen and oxygen atoms in total. The molecule has 2 rings (SSSR count). The number of ether oxygens (including phenoxy) is 1. The van der Waals surface area contributed by atoms with Crippen LogP contribution >= 0.6 is 0 Å². The molecule has 0 spiro atoms. The number of hydrogen-bond donors (Lipinski definition) is 1. The van der Waals surface area contributed by atoms with Gasteiger partial charge in [-0.25, -0.2) is 4.39 Å². The molecule has 1 saturated carbocycles. The average Bonchev–Trinajstić information content (AvgIpc) is 3.04. The van der Waals surface area contributed by atoms with E-state index in [1.54, 1.807) is 19.1 Å². The SMILES string of the molecule is CC(=N)c1ccc(F)c(OCCC2CC2)c1. The van der Waals surface area contributed by atoms with Crippen molar-refractivity contribution in [3.05, 3.63) is 29.6 Å². The molecule has 1 aromatic rings. The van der Waals surface area contributed by atoms with Crippen molar-refractivity contribution in [3.63, 3.8) is 0 Å². The van der Waals surface area contributed by atoms with Crippen molar-refractivity contribution in [2.24, 2.45) is 5.92 Å². The highest BCUT2D eigenvalue weighted by Crippen LogP contribution is 2.32. The fraction of sp³-hybridized carbons (Fsp3) is 0.462. The zero-order valence-electron chi connectivity index (χ0n) is 9.42. The van der Waals surface area contributed by atoms with Crippen molar-refractivity contribution in [2.45, 2.75) is 26.2 Å². The highest BCUT2D eigenvalue weighted by Gasteiger charge is 2.20. The van der Waals surface area contributed by atoms with Crippen LogP contribution in [-0.4, -0.2) is 12.3 Å². The maximum absolute atomic E-state index is 13.4. The predicted molar refractivity (Wildman–Crippen MR) is 61.7 cm³/mol. The molecule has 16 heavy (non-hydrogen) atoms. The summed E-state index contributed by atoms with van der Waals surface area (Å²) in [6.45, 7) is 2.25. The Morgan fingerprint density at radius 2 is 2.25 bits per heavy atom. The molecule has 86 valence electrons. The van der Waals surface area contributed by atoms with Crippen molar-refractivity contribution < 1.29 is 9.13 Å². The molecule has 0 aromatic heterocycles. The van der Waals surface area contributed by atoms with E-state index in [9.17, 15) is 4.39 Å². The lowest BCUT2D eigenvalue weighted by molar-refractivity contribution is 0.288. The normalized spacial score (nSPS) is 14.9. The van der Waals surface area contributed by atoms with E-state index in [4.69, 9.17) is 10.1 Å². The summed E-state index contributed by atoms with van der Waals surface area (Å²) < 4.78 is 18.8. The van der Waals surface area contributed by atoms with E-state index in [0.717, 1.165) is 12.3 Å². The highest BCUT2D eigenvalue weighted by atomic mass is 19.1. The summed E-state index contributed by atoms with van der Waals surface area (Å²) in [5.74, 6) is 0.710. The Morgan fingerprint density at radius 1 is 1.50 bits per heavy atom. The van der Waals surface area contributed by atoms with Crippen LogP contribution in [0.1, 0.15) is 31.7 Å². The predicted octanol–water partition coefficient (Wildman–Crippen LogP) is 3.39. The van der Waals surface area contributed by atoms with Crippen molar-refractivity contribution in [1.29, 1.82) is 5.41 Å². The van der Waals surface area contributed by atoms with E-state index < -0.39 is 0 Å². The lowest BCUT2D eigenvalue weighted by atomic mass is 10.1. The van der Waals surface area contributed by atoms with Gasteiger partial charge in [-0.2, -0.15) is 0 Å². The second kappa shape index (κ2) is 4.64. The summed E-state index contributed by atoms with van der Waals surface area (Å²) >= 11 is 0. The Hall–Kier alpha value is -1.38. The van der Waals surface area contributed by atoms with Gasteiger partial charge in [-0.05, 0) is 37.0 Å². The van der Waals surface area contributed by atoms with E-state index in [1.165, 1.54) is 18.9 Å². The Morgan fingerprint density at radius 3 is 2.88 bits per heavy atom. The molecular weight excluding hydrogens is 205 g/mol. The fourth-order valence-corrected chi connectivity index (χ4v) is 1.59. The number of hydrogen-bond acceptors (Lipinski definition) is 2. The van der Waals surface area contributed by atoms with Gasteiger partial charge in [0.1, 0.15) is 0 Å². The largest absolute Gasteiger partial charge is 0.490 e. The molecule has 0 bridgehead atoms. The van der Waals surface area contributed by atoms with Gasteiger partial charge in [-0.15, -0.1) is 0 Å². The van der Waals surface area contributed by atoms with Gasteiger partial charge in [-0.1, -0.05) is 18.9 Å². The van der Waals surface area contributed by atoms with Crippen LogP contribution in [0, 0.1) is 17.1 Å².